The second kappa shape index (κ2) is 9.97. The summed E-state index contributed by atoms with van der Waals surface area (Å²) in [4.78, 5) is 25.7. The van der Waals surface area contributed by atoms with Gasteiger partial charge in [-0.05, 0) is 57.1 Å². The number of carbonyl (C=O) groups excluding carboxylic acids is 1. The first-order valence-corrected chi connectivity index (χ1v) is 12.8. The van der Waals surface area contributed by atoms with Crippen LogP contribution in [-0.4, -0.2) is 42.7 Å². The molecule has 186 valence electrons. The maximum Gasteiger partial charge on any atom is 0.224 e. The summed E-state index contributed by atoms with van der Waals surface area (Å²) in [5, 5.41) is 17.6. The summed E-state index contributed by atoms with van der Waals surface area (Å²) < 4.78 is 2.03. The average molecular weight is 539 g/mol. The molecule has 2 atom stereocenters. The second-order valence-corrected chi connectivity index (χ2v) is 10.5. The lowest BCUT2D eigenvalue weighted by Gasteiger charge is -2.29. The molecule has 0 radical (unpaired) electrons. The Morgan fingerprint density at radius 1 is 1.06 bits per heavy atom. The summed E-state index contributed by atoms with van der Waals surface area (Å²) in [6, 6.07) is 3.38. The number of anilines is 3. The zero-order valence-electron chi connectivity index (χ0n) is 18.8. The van der Waals surface area contributed by atoms with E-state index in [1.54, 1.807) is 18.3 Å². The first kappa shape index (κ1) is 24.4. The highest BCUT2D eigenvalue weighted by molar-refractivity contribution is 6.41. The Kier molecular flexibility index (Phi) is 6.94. The molecule has 2 aliphatic rings. The van der Waals surface area contributed by atoms with Gasteiger partial charge in [0.15, 0.2) is 5.65 Å². The Bertz CT molecular complexity index is 1240. The van der Waals surface area contributed by atoms with Crippen molar-refractivity contribution in [1.29, 1.82) is 0 Å². The number of aliphatic hydroxyl groups excluding tert-OH is 1. The van der Waals surface area contributed by atoms with Gasteiger partial charge in [0.1, 0.15) is 5.52 Å². The monoisotopic (exact) mass is 537 g/mol. The third-order valence-electron chi connectivity index (χ3n) is 6.88. The van der Waals surface area contributed by atoms with Crippen molar-refractivity contribution in [3.63, 3.8) is 0 Å². The molecule has 5 rings (SSSR count). The topological polar surface area (TPSA) is 131 Å². The van der Waals surface area contributed by atoms with E-state index in [4.69, 9.17) is 50.5 Å². The molecule has 2 heterocycles. The number of primary amides is 1. The van der Waals surface area contributed by atoms with Crippen LogP contribution in [0, 0.1) is 5.92 Å². The number of nitrogens with one attached hydrogen (secondary N) is 2. The lowest BCUT2D eigenvalue weighted by Crippen LogP contribution is -2.29. The number of aliphatic hydroxyl groups is 1. The number of benzene rings is 1. The Balaban J connectivity index is 1.52. The maximum atomic E-state index is 11.7. The van der Waals surface area contributed by atoms with Crippen LogP contribution in [0.1, 0.15) is 51.0 Å². The van der Waals surface area contributed by atoms with Crippen molar-refractivity contribution in [1.82, 2.24) is 19.5 Å². The summed E-state index contributed by atoms with van der Waals surface area (Å²) in [6.07, 6.45) is 6.55. The lowest BCUT2D eigenvalue weighted by molar-refractivity contribution is -0.122. The van der Waals surface area contributed by atoms with Crippen molar-refractivity contribution in [3.05, 3.63) is 33.4 Å². The van der Waals surface area contributed by atoms with Gasteiger partial charge in [0.25, 0.3) is 0 Å². The molecular formula is C23H26Cl3N7O2. The number of halogens is 3. The Hall–Kier alpha value is -2.33. The molecular weight excluding hydrogens is 513 g/mol. The van der Waals surface area contributed by atoms with E-state index in [1.807, 2.05) is 4.57 Å². The van der Waals surface area contributed by atoms with E-state index >= 15 is 0 Å². The van der Waals surface area contributed by atoms with Gasteiger partial charge in [-0.25, -0.2) is 9.97 Å². The molecule has 1 amide bonds. The van der Waals surface area contributed by atoms with Crippen LogP contribution >= 0.6 is 34.8 Å². The number of amides is 1. The van der Waals surface area contributed by atoms with Gasteiger partial charge < -0.3 is 21.5 Å². The molecule has 35 heavy (non-hydrogen) atoms. The van der Waals surface area contributed by atoms with Crippen molar-refractivity contribution in [2.45, 2.75) is 63.1 Å². The van der Waals surface area contributed by atoms with Crippen LogP contribution in [0.4, 0.5) is 17.6 Å². The van der Waals surface area contributed by atoms with Crippen LogP contribution in [0.3, 0.4) is 0 Å². The van der Waals surface area contributed by atoms with Crippen molar-refractivity contribution < 1.29 is 9.90 Å². The van der Waals surface area contributed by atoms with Crippen LogP contribution in [0.5, 0.6) is 0 Å². The molecule has 0 unspecified atom stereocenters. The molecule has 2 fully saturated rings. The van der Waals surface area contributed by atoms with Crippen molar-refractivity contribution >= 4 is 69.5 Å². The van der Waals surface area contributed by atoms with E-state index in [1.165, 1.54) is 0 Å². The van der Waals surface area contributed by atoms with Gasteiger partial charge in [0, 0.05) is 23.0 Å². The molecule has 2 aliphatic carbocycles. The van der Waals surface area contributed by atoms with Gasteiger partial charge >= 0.3 is 0 Å². The number of carbonyl (C=O) groups is 1. The SMILES string of the molecule is NC(=O)[C@H]1CC[C@H](n2c(Nc3c(Cl)cc(Cl)cc3Cl)nc3cnc(N[C@H]4CC[C@H](O)C4)nc32)CC1. The molecule has 0 bridgehead atoms. The number of nitrogens with zero attached hydrogens (tertiary/aromatic N) is 4. The van der Waals surface area contributed by atoms with Crippen molar-refractivity contribution in [2.75, 3.05) is 10.6 Å². The minimum Gasteiger partial charge on any atom is -0.393 e. The normalized spacial score (nSPS) is 24.6. The maximum absolute atomic E-state index is 11.7. The van der Waals surface area contributed by atoms with Crippen LogP contribution in [0.25, 0.3) is 11.2 Å². The van der Waals surface area contributed by atoms with Gasteiger partial charge in [-0.2, -0.15) is 4.98 Å². The molecule has 9 nitrogen and oxygen atoms in total. The van der Waals surface area contributed by atoms with E-state index in [0.29, 0.717) is 63.1 Å². The third-order valence-corrected chi connectivity index (χ3v) is 7.69. The molecule has 12 heteroatoms. The summed E-state index contributed by atoms with van der Waals surface area (Å²) in [5.41, 5.74) is 7.31. The summed E-state index contributed by atoms with van der Waals surface area (Å²) in [6.45, 7) is 0. The minimum atomic E-state index is -0.299. The predicted octanol–water partition coefficient (Wildman–Crippen LogP) is 5.07. The molecule has 5 N–H and O–H groups in total. The number of fused-ring (bicyclic) bond motifs is 1. The summed E-state index contributed by atoms with van der Waals surface area (Å²) in [5.74, 6) is 0.622. The number of aromatic nitrogens is 4. The van der Waals surface area contributed by atoms with Gasteiger partial charge in [-0.1, -0.05) is 34.8 Å². The first-order valence-electron chi connectivity index (χ1n) is 11.7. The van der Waals surface area contributed by atoms with Gasteiger partial charge in [0.05, 0.1) is 28.0 Å². The average Bonchev–Trinajstić information content (AvgIpc) is 3.38. The Morgan fingerprint density at radius 3 is 2.40 bits per heavy atom. The number of imidazole rings is 1. The van der Waals surface area contributed by atoms with E-state index < -0.39 is 0 Å². The van der Waals surface area contributed by atoms with Gasteiger partial charge in [-0.15, -0.1) is 0 Å². The Labute approximate surface area is 217 Å². The summed E-state index contributed by atoms with van der Waals surface area (Å²) >= 11 is 18.9. The minimum absolute atomic E-state index is 0.0407. The largest absolute Gasteiger partial charge is 0.393 e. The zero-order chi connectivity index (χ0) is 24.7. The number of hydrogen-bond acceptors (Lipinski definition) is 7. The highest BCUT2D eigenvalue weighted by Gasteiger charge is 2.30. The Morgan fingerprint density at radius 2 is 1.77 bits per heavy atom. The molecule has 2 saturated carbocycles. The fourth-order valence-electron chi connectivity index (χ4n) is 5.06. The smallest absolute Gasteiger partial charge is 0.224 e. The predicted molar refractivity (Wildman–Crippen MR) is 138 cm³/mol. The molecule has 0 saturated heterocycles. The molecule has 1 aromatic carbocycles. The fraction of sp³-hybridized carbons (Fsp3) is 0.478. The van der Waals surface area contributed by atoms with Crippen LogP contribution < -0.4 is 16.4 Å². The highest BCUT2D eigenvalue weighted by atomic mass is 35.5. The van der Waals surface area contributed by atoms with E-state index in [2.05, 4.69) is 15.6 Å². The lowest BCUT2D eigenvalue weighted by atomic mass is 9.85. The van der Waals surface area contributed by atoms with Crippen LogP contribution in [-0.2, 0) is 4.79 Å². The molecule has 3 aromatic rings. The van der Waals surface area contributed by atoms with E-state index in [0.717, 1.165) is 25.7 Å². The van der Waals surface area contributed by atoms with Crippen LogP contribution in [0.2, 0.25) is 15.1 Å². The molecule has 2 aromatic heterocycles. The zero-order valence-corrected chi connectivity index (χ0v) is 21.1. The third kappa shape index (κ3) is 5.14. The summed E-state index contributed by atoms with van der Waals surface area (Å²) in [7, 11) is 0. The second-order valence-electron chi connectivity index (χ2n) is 9.29. The molecule has 0 aliphatic heterocycles. The quantitative estimate of drug-likeness (QED) is 0.344. The van der Waals surface area contributed by atoms with E-state index in [-0.39, 0.29) is 30.0 Å². The number of nitrogens with two attached hydrogens (primary N) is 1. The van der Waals surface area contributed by atoms with Crippen LogP contribution in [0.15, 0.2) is 18.3 Å². The van der Waals surface area contributed by atoms with E-state index in [9.17, 15) is 9.90 Å². The molecule has 0 spiro atoms. The fourth-order valence-corrected chi connectivity index (χ4v) is 5.97. The number of rotatable bonds is 6. The van der Waals surface area contributed by atoms with Crippen molar-refractivity contribution in [2.24, 2.45) is 11.7 Å². The standard InChI is InChI=1S/C23H26Cl3N7O2/c24-12-7-16(25)19(17(26)8-12)31-23-30-18-10-28-22(29-13-3-6-15(34)9-13)32-21(18)33(23)14-4-1-11(2-5-14)20(27)35/h7-8,10-11,13-15,34H,1-6,9H2,(H2,27,35)(H,30,31)(H,28,29,32)/t11-,13-,14-,15-/m0/s1. The van der Waals surface area contributed by atoms with Crippen molar-refractivity contribution in [3.8, 4) is 0 Å². The van der Waals surface area contributed by atoms with Gasteiger partial charge in [-0.3, -0.25) is 9.36 Å². The van der Waals surface area contributed by atoms with Gasteiger partial charge in [0.2, 0.25) is 17.8 Å². The first-order chi connectivity index (χ1) is 16.8. The highest BCUT2D eigenvalue weighted by Crippen LogP contribution is 2.40. The number of hydrogen-bond donors (Lipinski definition) is 4.